The molecule has 0 fully saturated rings. The van der Waals surface area contributed by atoms with Gasteiger partial charge in [0.05, 0.1) is 5.92 Å². The van der Waals surface area contributed by atoms with Gasteiger partial charge in [-0.2, -0.15) is 0 Å². The Balaban J connectivity index is 0.00000169. The van der Waals surface area contributed by atoms with Crippen LogP contribution in [-0.4, -0.2) is 46.4 Å². The van der Waals surface area contributed by atoms with Crippen LogP contribution in [0.25, 0.3) is 0 Å². The predicted octanol–water partition coefficient (Wildman–Crippen LogP) is 0.795. The zero-order valence-electron chi connectivity index (χ0n) is 7.23. The molecule has 1 aromatic carbocycles. The third kappa shape index (κ3) is 3.25. The Morgan fingerprint density at radius 2 is 1.71 bits per heavy atom. The molecule has 0 aliphatic heterocycles. The van der Waals surface area contributed by atoms with E-state index in [0.29, 0.717) is 0 Å². The van der Waals surface area contributed by atoms with Crippen LogP contribution in [0.4, 0.5) is 0 Å². The summed E-state index contributed by atoms with van der Waals surface area (Å²) in [6.07, 6.45) is 0. The molecule has 14 heavy (non-hydrogen) atoms. The molecule has 0 saturated heterocycles. The molecule has 4 heteroatoms. The van der Waals surface area contributed by atoms with Crippen LogP contribution in [0.5, 0.6) is 0 Å². The minimum atomic E-state index is -1.38. The number of carbonyl (C=O) groups excluding carboxylic acids is 1. The molecular formula is C10H11NaO3. The van der Waals surface area contributed by atoms with Gasteiger partial charge in [-0.3, -0.25) is 4.79 Å². The van der Waals surface area contributed by atoms with Crippen molar-refractivity contribution in [1.29, 1.82) is 0 Å². The number of hydrogen-bond donors (Lipinski definition) is 1. The van der Waals surface area contributed by atoms with Gasteiger partial charge in [0.15, 0.2) is 0 Å². The molecule has 1 N–H and O–H groups in total. The number of hydrogen-bond acceptors (Lipinski definition) is 2. The number of ketones is 1. The number of Topliss-reactive ketones (excluding diaryl/α,β-unsaturated/α-hetero) is 1. The van der Waals surface area contributed by atoms with E-state index in [1.165, 1.54) is 0 Å². The fraction of sp³-hybridized carbons (Fsp3) is 0.200. The molecule has 0 spiro atoms. The summed E-state index contributed by atoms with van der Waals surface area (Å²) in [5.74, 6) is -2.72. The Hall–Kier alpha value is -0.640. The summed E-state index contributed by atoms with van der Waals surface area (Å²) >= 11 is 0. The zero-order chi connectivity index (χ0) is 9.84. The second kappa shape index (κ2) is 5.96. The third-order valence-electron chi connectivity index (χ3n) is 1.90. The molecular weight excluding hydrogens is 191 g/mol. The average molecular weight is 202 g/mol. The molecule has 1 atom stereocenters. The molecule has 1 rings (SSSR count). The van der Waals surface area contributed by atoms with E-state index in [0.717, 1.165) is 5.56 Å². The number of rotatable bonds is 3. The van der Waals surface area contributed by atoms with Gasteiger partial charge in [0.1, 0.15) is 0 Å². The third-order valence-corrected chi connectivity index (χ3v) is 1.90. The summed E-state index contributed by atoms with van der Waals surface area (Å²) in [5.41, 5.74) is 0.731. The van der Waals surface area contributed by atoms with Crippen molar-refractivity contribution < 1.29 is 14.7 Å². The van der Waals surface area contributed by atoms with Crippen LogP contribution in [0.3, 0.4) is 0 Å². The van der Waals surface area contributed by atoms with Gasteiger partial charge >= 0.3 is 35.5 Å². The Morgan fingerprint density at radius 1 is 1.21 bits per heavy atom. The summed E-state index contributed by atoms with van der Waals surface area (Å²) in [5, 5.41) is 8.46. The van der Waals surface area contributed by atoms with E-state index >= 15 is 0 Å². The quantitative estimate of drug-likeness (QED) is 0.582. The van der Waals surface area contributed by atoms with Crippen LogP contribution in [0, 0.1) is 0 Å². The zero-order valence-corrected chi connectivity index (χ0v) is 7.23. The van der Waals surface area contributed by atoms with Gasteiger partial charge < -0.3 is 5.11 Å². The molecule has 3 nitrogen and oxygen atoms in total. The number of carbonyl (C=O) groups is 2. The molecule has 0 heterocycles. The van der Waals surface area contributed by atoms with E-state index in [2.05, 4.69) is 0 Å². The number of benzene rings is 1. The van der Waals surface area contributed by atoms with Gasteiger partial charge in [-0.15, -0.1) is 0 Å². The van der Waals surface area contributed by atoms with Crippen molar-refractivity contribution in [3.63, 3.8) is 0 Å². The van der Waals surface area contributed by atoms with Crippen LogP contribution < -0.4 is 0 Å². The van der Waals surface area contributed by atoms with Gasteiger partial charge in [0.2, 0.25) is 5.78 Å². The average Bonchev–Trinajstić information content (AvgIpc) is 2.17. The summed E-state index contributed by atoms with van der Waals surface area (Å²) in [7, 11) is 0. The van der Waals surface area contributed by atoms with Gasteiger partial charge in [-0.25, -0.2) is 4.79 Å². The summed E-state index contributed by atoms with van der Waals surface area (Å²) in [6.45, 7) is 1.59. The SMILES string of the molecule is CC(C(=O)C(=O)O)c1ccccc1.[NaH]. The molecule has 1 unspecified atom stereocenters. The van der Waals surface area contributed by atoms with Crippen LogP contribution >= 0.6 is 0 Å². The standard InChI is InChI=1S/C10H10O3.Na.H/c1-7(9(11)10(12)13)8-5-3-2-4-6-8;;/h2-7H,1H3,(H,12,13);;. The predicted molar refractivity (Wildman–Crippen MR) is 54.6 cm³/mol. The maximum atomic E-state index is 11.0. The molecule has 0 bridgehead atoms. The van der Waals surface area contributed by atoms with Crippen molar-refractivity contribution in [2.75, 3.05) is 0 Å². The van der Waals surface area contributed by atoms with Gasteiger partial charge in [0, 0.05) is 0 Å². The molecule has 0 radical (unpaired) electrons. The number of carboxylic acids is 1. The molecule has 1 aromatic rings. The minimum absolute atomic E-state index is 0. The first-order valence-electron chi connectivity index (χ1n) is 3.95. The van der Waals surface area contributed by atoms with Crippen molar-refractivity contribution in [3.8, 4) is 0 Å². The monoisotopic (exact) mass is 202 g/mol. The maximum absolute atomic E-state index is 11.0. The van der Waals surface area contributed by atoms with Gasteiger partial charge in [-0.05, 0) is 5.56 Å². The Bertz CT molecular complexity index is 321. The number of carboxylic acid groups (broad SMARTS) is 1. The topological polar surface area (TPSA) is 54.4 Å². The van der Waals surface area contributed by atoms with E-state index in [-0.39, 0.29) is 29.6 Å². The van der Waals surface area contributed by atoms with Crippen molar-refractivity contribution in [2.45, 2.75) is 12.8 Å². The van der Waals surface area contributed by atoms with Crippen LogP contribution in [0.2, 0.25) is 0 Å². The summed E-state index contributed by atoms with van der Waals surface area (Å²) in [6, 6.07) is 8.86. The Morgan fingerprint density at radius 3 is 2.14 bits per heavy atom. The fourth-order valence-electron chi connectivity index (χ4n) is 1.08. The van der Waals surface area contributed by atoms with Crippen molar-refractivity contribution in [2.24, 2.45) is 0 Å². The van der Waals surface area contributed by atoms with E-state index in [1.807, 2.05) is 6.07 Å². The first-order chi connectivity index (χ1) is 6.13. The summed E-state index contributed by atoms with van der Waals surface area (Å²) in [4.78, 5) is 21.4. The Kier molecular flexibility index (Phi) is 5.69. The normalized spacial score (nSPS) is 11.2. The first-order valence-corrected chi connectivity index (χ1v) is 3.95. The molecule has 0 aromatic heterocycles. The van der Waals surface area contributed by atoms with E-state index in [4.69, 9.17) is 5.11 Å². The molecule has 70 valence electrons. The second-order valence-electron chi connectivity index (χ2n) is 2.80. The van der Waals surface area contributed by atoms with Gasteiger partial charge in [0.25, 0.3) is 0 Å². The molecule has 0 aliphatic rings. The first kappa shape index (κ1) is 13.4. The Labute approximate surface area is 104 Å². The summed E-state index contributed by atoms with van der Waals surface area (Å²) < 4.78 is 0. The fourth-order valence-corrected chi connectivity index (χ4v) is 1.08. The number of aliphatic carboxylic acids is 1. The van der Waals surface area contributed by atoms with Crippen molar-refractivity contribution in [3.05, 3.63) is 35.9 Å². The second-order valence-corrected chi connectivity index (χ2v) is 2.80. The van der Waals surface area contributed by atoms with Crippen LogP contribution in [-0.2, 0) is 9.59 Å². The molecule has 0 aliphatic carbocycles. The van der Waals surface area contributed by atoms with E-state index in [9.17, 15) is 9.59 Å². The van der Waals surface area contributed by atoms with Crippen molar-refractivity contribution >= 4 is 41.3 Å². The van der Waals surface area contributed by atoms with Gasteiger partial charge in [-0.1, -0.05) is 37.3 Å². The van der Waals surface area contributed by atoms with Crippen LogP contribution in [0.1, 0.15) is 18.4 Å². The van der Waals surface area contributed by atoms with Crippen LogP contribution in [0.15, 0.2) is 30.3 Å². The van der Waals surface area contributed by atoms with E-state index in [1.54, 1.807) is 31.2 Å². The molecule has 0 amide bonds. The van der Waals surface area contributed by atoms with Crippen molar-refractivity contribution in [1.82, 2.24) is 0 Å². The van der Waals surface area contributed by atoms with E-state index < -0.39 is 17.7 Å². The molecule has 0 saturated carbocycles.